The molecule has 0 spiro atoms. The van der Waals surface area contributed by atoms with Crippen LogP contribution < -0.4 is 4.74 Å². The third kappa shape index (κ3) is 3.27. The van der Waals surface area contributed by atoms with Crippen molar-refractivity contribution < 1.29 is 26.7 Å². The van der Waals surface area contributed by atoms with Gasteiger partial charge < -0.3 is 4.74 Å². The molecule has 0 amide bonds. The van der Waals surface area contributed by atoms with Crippen LogP contribution in [0.25, 0.3) is 0 Å². The van der Waals surface area contributed by atoms with E-state index in [0.29, 0.717) is 0 Å². The highest BCUT2D eigenvalue weighted by molar-refractivity contribution is 5.28. The molecule has 1 rings (SSSR count). The molecule has 1 aromatic rings. The summed E-state index contributed by atoms with van der Waals surface area (Å²) in [7, 11) is 0. The standard InChI is InChI=1S/C9H5F5N2O/c10-8(11,9(12,13)14)5-17-7-2-1-6(3-15)4-16-7/h1-2,4H,5H2. The first-order valence-corrected chi connectivity index (χ1v) is 4.20. The number of aromatic nitrogens is 1. The Morgan fingerprint density at radius 1 is 1.24 bits per heavy atom. The lowest BCUT2D eigenvalue weighted by molar-refractivity contribution is -0.290. The number of hydrogen-bond donors (Lipinski definition) is 0. The molecule has 17 heavy (non-hydrogen) atoms. The molecule has 3 nitrogen and oxygen atoms in total. The SMILES string of the molecule is N#Cc1ccc(OCC(F)(F)C(F)(F)F)nc1. The Hall–Kier alpha value is -1.91. The minimum Gasteiger partial charge on any atom is -0.471 e. The fraction of sp³-hybridized carbons (Fsp3) is 0.333. The first-order valence-electron chi connectivity index (χ1n) is 4.20. The number of alkyl halides is 5. The lowest BCUT2D eigenvalue weighted by atomic mass is 10.3. The zero-order valence-corrected chi connectivity index (χ0v) is 8.13. The van der Waals surface area contributed by atoms with E-state index in [4.69, 9.17) is 5.26 Å². The maximum Gasteiger partial charge on any atom is 0.456 e. The number of nitrogens with zero attached hydrogens (tertiary/aromatic N) is 2. The quantitative estimate of drug-likeness (QED) is 0.776. The first-order chi connectivity index (χ1) is 7.76. The molecule has 0 saturated heterocycles. The van der Waals surface area contributed by atoms with Gasteiger partial charge in [0.1, 0.15) is 6.07 Å². The van der Waals surface area contributed by atoms with Crippen LogP contribution in [0.15, 0.2) is 18.3 Å². The summed E-state index contributed by atoms with van der Waals surface area (Å²) in [5.41, 5.74) is 0.139. The van der Waals surface area contributed by atoms with Gasteiger partial charge in [0.25, 0.3) is 0 Å². The molecule has 0 bridgehead atoms. The van der Waals surface area contributed by atoms with Gasteiger partial charge in [-0.05, 0) is 6.07 Å². The maximum absolute atomic E-state index is 12.4. The summed E-state index contributed by atoms with van der Waals surface area (Å²) in [6, 6.07) is 3.93. The summed E-state index contributed by atoms with van der Waals surface area (Å²) in [5.74, 6) is -5.35. The minimum absolute atomic E-state index is 0.139. The molecule has 1 aromatic heterocycles. The first kappa shape index (κ1) is 13.2. The monoisotopic (exact) mass is 252 g/mol. The highest BCUT2D eigenvalue weighted by Gasteiger charge is 2.58. The van der Waals surface area contributed by atoms with Crippen molar-refractivity contribution in [1.82, 2.24) is 4.98 Å². The fourth-order valence-electron chi connectivity index (χ4n) is 0.778. The van der Waals surface area contributed by atoms with Crippen molar-refractivity contribution in [2.75, 3.05) is 6.61 Å². The number of halogens is 5. The number of rotatable bonds is 3. The van der Waals surface area contributed by atoms with Crippen LogP contribution in [0.3, 0.4) is 0 Å². The molecule has 0 aliphatic heterocycles. The van der Waals surface area contributed by atoms with Crippen molar-refractivity contribution >= 4 is 0 Å². The molecule has 0 aliphatic rings. The van der Waals surface area contributed by atoms with Crippen LogP contribution in [-0.4, -0.2) is 23.7 Å². The Morgan fingerprint density at radius 2 is 1.88 bits per heavy atom. The van der Waals surface area contributed by atoms with Crippen LogP contribution in [0.4, 0.5) is 22.0 Å². The Kier molecular flexibility index (Phi) is 3.50. The largest absolute Gasteiger partial charge is 0.471 e. The smallest absolute Gasteiger partial charge is 0.456 e. The molecule has 0 atom stereocenters. The van der Waals surface area contributed by atoms with Crippen LogP contribution in [0.2, 0.25) is 0 Å². The van der Waals surface area contributed by atoms with E-state index in [-0.39, 0.29) is 5.56 Å². The predicted molar refractivity (Wildman–Crippen MR) is 45.4 cm³/mol. The highest BCUT2D eigenvalue weighted by atomic mass is 19.4. The molecule has 0 aromatic carbocycles. The van der Waals surface area contributed by atoms with E-state index >= 15 is 0 Å². The molecule has 8 heteroatoms. The Balaban J connectivity index is 2.65. The Labute approximate surface area is 92.4 Å². The molecular weight excluding hydrogens is 247 g/mol. The van der Waals surface area contributed by atoms with Gasteiger partial charge >= 0.3 is 12.1 Å². The number of hydrogen-bond acceptors (Lipinski definition) is 3. The van der Waals surface area contributed by atoms with Gasteiger partial charge in [0, 0.05) is 12.3 Å². The molecule has 0 aliphatic carbocycles. The van der Waals surface area contributed by atoms with E-state index in [1.165, 1.54) is 6.07 Å². The molecule has 0 N–H and O–H groups in total. The second-order valence-corrected chi connectivity index (χ2v) is 2.99. The van der Waals surface area contributed by atoms with E-state index in [1.54, 1.807) is 6.07 Å². The van der Waals surface area contributed by atoms with Crippen molar-refractivity contribution in [3.05, 3.63) is 23.9 Å². The number of pyridine rings is 1. The zero-order valence-electron chi connectivity index (χ0n) is 8.13. The Bertz CT molecular complexity index is 420. The third-order valence-corrected chi connectivity index (χ3v) is 1.68. The third-order valence-electron chi connectivity index (χ3n) is 1.68. The molecule has 0 radical (unpaired) electrons. The van der Waals surface area contributed by atoms with E-state index < -0.39 is 24.6 Å². The van der Waals surface area contributed by atoms with Crippen molar-refractivity contribution in [3.8, 4) is 11.9 Å². The van der Waals surface area contributed by atoms with E-state index in [9.17, 15) is 22.0 Å². The fourth-order valence-corrected chi connectivity index (χ4v) is 0.778. The van der Waals surface area contributed by atoms with Gasteiger partial charge in [-0.1, -0.05) is 0 Å². The average Bonchev–Trinajstić information content (AvgIpc) is 2.25. The summed E-state index contributed by atoms with van der Waals surface area (Å²) in [5, 5.41) is 8.39. The predicted octanol–water partition coefficient (Wildman–Crippen LogP) is 2.53. The van der Waals surface area contributed by atoms with Gasteiger partial charge in [0.05, 0.1) is 5.56 Å². The molecule has 0 fully saturated rings. The van der Waals surface area contributed by atoms with Crippen LogP contribution in [0, 0.1) is 11.3 Å². The van der Waals surface area contributed by atoms with Gasteiger partial charge in [-0.2, -0.15) is 27.2 Å². The van der Waals surface area contributed by atoms with E-state index in [0.717, 1.165) is 12.3 Å². The normalized spacial score (nSPS) is 12.0. The Morgan fingerprint density at radius 3 is 2.29 bits per heavy atom. The van der Waals surface area contributed by atoms with Crippen molar-refractivity contribution in [1.29, 1.82) is 5.26 Å². The van der Waals surface area contributed by atoms with Crippen LogP contribution in [0.1, 0.15) is 5.56 Å². The van der Waals surface area contributed by atoms with Gasteiger partial charge in [-0.15, -0.1) is 0 Å². The second kappa shape index (κ2) is 4.53. The summed E-state index contributed by atoms with van der Waals surface area (Å²) in [6.07, 6.45) is -4.67. The van der Waals surface area contributed by atoms with Gasteiger partial charge in [-0.25, -0.2) is 4.98 Å². The summed E-state index contributed by atoms with van der Waals surface area (Å²) in [6.45, 7) is -1.85. The lowest BCUT2D eigenvalue weighted by Gasteiger charge is -2.19. The topological polar surface area (TPSA) is 45.9 Å². The average molecular weight is 252 g/mol. The lowest BCUT2D eigenvalue weighted by Crippen LogP contribution is -2.41. The van der Waals surface area contributed by atoms with E-state index in [1.807, 2.05) is 0 Å². The molecule has 0 saturated carbocycles. The molecule has 1 heterocycles. The van der Waals surface area contributed by atoms with Crippen molar-refractivity contribution in [2.45, 2.75) is 12.1 Å². The second-order valence-electron chi connectivity index (χ2n) is 2.99. The van der Waals surface area contributed by atoms with Crippen LogP contribution in [0.5, 0.6) is 5.88 Å². The molecule has 92 valence electrons. The van der Waals surface area contributed by atoms with Crippen LogP contribution >= 0.6 is 0 Å². The van der Waals surface area contributed by atoms with Crippen molar-refractivity contribution in [3.63, 3.8) is 0 Å². The zero-order chi connectivity index (χ0) is 13.1. The summed E-state index contributed by atoms with van der Waals surface area (Å²) in [4.78, 5) is 3.39. The highest BCUT2D eigenvalue weighted by Crippen LogP contribution is 2.35. The maximum atomic E-state index is 12.4. The minimum atomic E-state index is -5.67. The molecule has 0 unspecified atom stereocenters. The summed E-state index contributed by atoms with van der Waals surface area (Å²) >= 11 is 0. The summed E-state index contributed by atoms with van der Waals surface area (Å²) < 4.78 is 64.4. The van der Waals surface area contributed by atoms with Gasteiger partial charge in [-0.3, -0.25) is 0 Å². The van der Waals surface area contributed by atoms with Crippen molar-refractivity contribution in [2.24, 2.45) is 0 Å². The van der Waals surface area contributed by atoms with Crippen LogP contribution in [-0.2, 0) is 0 Å². The van der Waals surface area contributed by atoms with Gasteiger partial charge in [0.2, 0.25) is 5.88 Å². The number of ether oxygens (including phenoxy) is 1. The number of nitriles is 1. The molecular formula is C9H5F5N2O. The van der Waals surface area contributed by atoms with Gasteiger partial charge in [0.15, 0.2) is 6.61 Å². The van der Waals surface area contributed by atoms with E-state index in [2.05, 4.69) is 9.72 Å².